The lowest BCUT2D eigenvalue weighted by Gasteiger charge is -2.12. The molecule has 0 amide bonds. The molecule has 0 saturated carbocycles. The molecule has 2 N–H and O–H groups in total. The van der Waals surface area contributed by atoms with Crippen LogP contribution in [0.5, 0.6) is 0 Å². The Labute approximate surface area is 156 Å². The maximum absolute atomic E-state index is 13.1. The van der Waals surface area contributed by atoms with Crippen LogP contribution in [0.1, 0.15) is 11.1 Å². The lowest BCUT2D eigenvalue weighted by atomic mass is 10.1. The van der Waals surface area contributed by atoms with Crippen LogP contribution in [0.4, 0.5) is 13.2 Å². The van der Waals surface area contributed by atoms with Gasteiger partial charge in [-0.25, -0.2) is 13.2 Å². The molecule has 0 aliphatic carbocycles. The quantitative estimate of drug-likeness (QED) is 0.416. The molecule has 130 valence electrons. The van der Waals surface area contributed by atoms with Gasteiger partial charge in [0.05, 0.1) is 0 Å². The number of halogens is 4. The van der Waals surface area contributed by atoms with Crippen molar-refractivity contribution in [1.29, 1.82) is 0 Å². The summed E-state index contributed by atoms with van der Waals surface area (Å²) < 4.78 is 39.3. The molecule has 0 aromatic heterocycles. The van der Waals surface area contributed by atoms with Crippen LogP contribution >= 0.6 is 24.0 Å². The average molecular weight is 449 g/mol. The maximum Gasteiger partial charge on any atom is 0.191 e. The van der Waals surface area contributed by atoms with Crippen molar-refractivity contribution < 1.29 is 13.2 Å². The summed E-state index contributed by atoms with van der Waals surface area (Å²) in [7, 11) is 1.61. The van der Waals surface area contributed by atoms with Crippen molar-refractivity contribution in [3.63, 3.8) is 0 Å². The highest BCUT2D eigenvalue weighted by Gasteiger charge is 2.02. The first-order chi connectivity index (χ1) is 11.1. The van der Waals surface area contributed by atoms with E-state index in [2.05, 4.69) is 15.6 Å². The van der Waals surface area contributed by atoms with Gasteiger partial charge in [-0.05, 0) is 41.8 Å². The Morgan fingerprint density at radius 2 is 1.58 bits per heavy atom. The molecule has 0 aliphatic heterocycles. The first kappa shape index (κ1) is 20.3. The second-order valence-corrected chi connectivity index (χ2v) is 5.01. The fourth-order valence-electron chi connectivity index (χ4n) is 2.13. The SMILES string of the molecule is CN=C(NCCc1cc(F)cc(F)c1)NCc1cccc(F)c1.I. The topological polar surface area (TPSA) is 36.4 Å². The van der Waals surface area contributed by atoms with Gasteiger partial charge in [0, 0.05) is 26.2 Å². The second kappa shape index (κ2) is 10.2. The second-order valence-electron chi connectivity index (χ2n) is 5.01. The zero-order chi connectivity index (χ0) is 16.7. The van der Waals surface area contributed by atoms with Gasteiger partial charge in [-0.15, -0.1) is 24.0 Å². The van der Waals surface area contributed by atoms with E-state index in [0.29, 0.717) is 31.0 Å². The minimum atomic E-state index is -0.589. The van der Waals surface area contributed by atoms with Gasteiger partial charge in [0.25, 0.3) is 0 Å². The minimum Gasteiger partial charge on any atom is -0.356 e. The fraction of sp³-hybridized carbons (Fsp3) is 0.235. The van der Waals surface area contributed by atoms with Crippen LogP contribution in [-0.2, 0) is 13.0 Å². The van der Waals surface area contributed by atoms with Crippen molar-refractivity contribution >= 4 is 29.9 Å². The molecule has 0 unspecified atom stereocenters. The van der Waals surface area contributed by atoms with Gasteiger partial charge >= 0.3 is 0 Å². The normalized spacial score (nSPS) is 10.9. The van der Waals surface area contributed by atoms with Crippen LogP contribution in [0.3, 0.4) is 0 Å². The Morgan fingerprint density at radius 3 is 2.21 bits per heavy atom. The number of hydrogen-bond acceptors (Lipinski definition) is 1. The van der Waals surface area contributed by atoms with Gasteiger partial charge in [0.2, 0.25) is 0 Å². The van der Waals surface area contributed by atoms with Gasteiger partial charge in [-0.2, -0.15) is 0 Å². The molecule has 2 rings (SSSR count). The van der Waals surface area contributed by atoms with Crippen LogP contribution in [0.15, 0.2) is 47.5 Å². The first-order valence-corrected chi connectivity index (χ1v) is 7.21. The lowest BCUT2D eigenvalue weighted by molar-refractivity contribution is 0.579. The van der Waals surface area contributed by atoms with Crippen molar-refractivity contribution in [2.24, 2.45) is 4.99 Å². The molecular weight excluding hydrogens is 430 g/mol. The van der Waals surface area contributed by atoms with E-state index in [1.54, 1.807) is 19.2 Å². The van der Waals surface area contributed by atoms with Gasteiger partial charge in [-0.1, -0.05) is 12.1 Å². The maximum atomic E-state index is 13.1. The van der Waals surface area contributed by atoms with Crippen LogP contribution in [0.25, 0.3) is 0 Å². The molecule has 24 heavy (non-hydrogen) atoms. The Balaban J connectivity index is 0.00000288. The number of nitrogens with one attached hydrogen (secondary N) is 2. The number of guanidine groups is 1. The molecule has 0 heterocycles. The summed E-state index contributed by atoms with van der Waals surface area (Å²) in [6, 6.07) is 9.71. The van der Waals surface area contributed by atoms with E-state index in [4.69, 9.17) is 0 Å². The summed E-state index contributed by atoms with van der Waals surface area (Å²) in [6.45, 7) is 0.887. The van der Waals surface area contributed by atoms with Gasteiger partial charge in [-0.3, -0.25) is 4.99 Å². The van der Waals surface area contributed by atoms with E-state index in [0.717, 1.165) is 11.6 Å². The third kappa shape index (κ3) is 6.77. The van der Waals surface area contributed by atoms with Crippen molar-refractivity contribution in [2.45, 2.75) is 13.0 Å². The van der Waals surface area contributed by atoms with Crippen molar-refractivity contribution in [2.75, 3.05) is 13.6 Å². The summed E-state index contributed by atoms with van der Waals surface area (Å²) in [4.78, 5) is 4.04. The predicted molar refractivity (Wildman–Crippen MR) is 100 cm³/mol. The molecule has 0 bridgehead atoms. The molecule has 0 spiro atoms. The summed E-state index contributed by atoms with van der Waals surface area (Å²) >= 11 is 0. The van der Waals surface area contributed by atoms with E-state index < -0.39 is 11.6 Å². The molecule has 2 aromatic carbocycles. The number of aliphatic imine (C=N–C) groups is 1. The number of hydrogen-bond donors (Lipinski definition) is 2. The summed E-state index contributed by atoms with van der Waals surface area (Å²) in [5.41, 5.74) is 1.36. The van der Waals surface area contributed by atoms with Crippen molar-refractivity contribution in [3.05, 3.63) is 71.0 Å². The van der Waals surface area contributed by atoms with Crippen LogP contribution in [0, 0.1) is 17.5 Å². The Morgan fingerprint density at radius 1 is 0.917 bits per heavy atom. The molecule has 2 aromatic rings. The standard InChI is InChI=1S/C17H18F3N3.HI/c1-21-17(23-11-13-3-2-4-14(18)9-13)22-6-5-12-7-15(19)10-16(20)8-12;/h2-4,7-10H,5-6,11H2,1H3,(H2,21,22,23);1H. The van der Waals surface area contributed by atoms with Gasteiger partial charge < -0.3 is 10.6 Å². The third-order valence-electron chi connectivity index (χ3n) is 3.20. The molecule has 3 nitrogen and oxygen atoms in total. The first-order valence-electron chi connectivity index (χ1n) is 7.21. The van der Waals surface area contributed by atoms with E-state index in [-0.39, 0.29) is 29.8 Å². The van der Waals surface area contributed by atoms with E-state index in [1.807, 2.05) is 0 Å². The molecule has 0 fully saturated rings. The largest absolute Gasteiger partial charge is 0.356 e. The van der Waals surface area contributed by atoms with E-state index in [9.17, 15) is 13.2 Å². The fourth-order valence-corrected chi connectivity index (χ4v) is 2.13. The van der Waals surface area contributed by atoms with E-state index >= 15 is 0 Å². The number of rotatable bonds is 5. The van der Waals surface area contributed by atoms with Crippen LogP contribution in [-0.4, -0.2) is 19.6 Å². The molecule has 0 saturated heterocycles. The molecule has 0 radical (unpaired) electrons. The Bertz CT molecular complexity index is 672. The molecule has 7 heteroatoms. The monoisotopic (exact) mass is 449 g/mol. The Kier molecular flexibility index (Phi) is 8.59. The zero-order valence-electron chi connectivity index (χ0n) is 13.2. The smallest absolute Gasteiger partial charge is 0.191 e. The third-order valence-corrected chi connectivity index (χ3v) is 3.20. The highest BCUT2D eigenvalue weighted by molar-refractivity contribution is 14.0. The number of nitrogens with zero attached hydrogens (tertiary/aromatic N) is 1. The highest BCUT2D eigenvalue weighted by Crippen LogP contribution is 2.08. The van der Waals surface area contributed by atoms with Gasteiger partial charge in [0.15, 0.2) is 5.96 Å². The zero-order valence-corrected chi connectivity index (χ0v) is 15.5. The molecule has 0 aliphatic rings. The van der Waals surface area contributed by atoms with Crippen molar-refractivity contribution in [1.82, 2.24) is 10.6 Å². The van der Waals surface area contributed by atoms with Crippen molar-refractivity contribution in [3.8, 4) is 0 Å². The molecular formula is C17H19F3IN3. The van der Waals surface area contributed by atoms with Gasteiger partial charge in [0.1, 0.15) is 17.5 Å². The summed E-state index contributed by atoms with van der Waals surface area (Å²) in [5, 5.41) is 6.09. The van der Waals surface area contributed by atoms with Crippen LogP contribution in [0.2, 0.25) is 0 Å². The lowest BCUT2D eigenvalue weighted by Crippen LogP contribution is -2.37. The number of benzene rings is 2. The highest BCUT2D eigenvalue weighted by atomic mass is 127. The average Bonchev–Trinajstić information content (AvgIpc) is 2.50. The van der Waals surface area contributed by atoms with E-state index in [1.165, 1.54) is 24.3 Å². The Hall–Kier alpha value is -1.77. The summed E-state index contributed by atoms with van der Waals surface area (Å²) in [5.74, 6) is -0.936. The molecule has 0 atom stereocenters. The van der Waals surface area contributed by atoms with Crippen LogP contribution < -0.4 is 10.6 Å². The summed E-state index contributed by atoms with van der Waals surface area (Å²) in [6.07, 6.45) is 0.454. The predicted octanol–water partition coefficient (Wildman–Crippen LogP) is 3.63. The minimum absolute atomic E-state index is 0.